The fraction of sp³-hybridized carbons (Fsp3) is 0.524. The van der Waals surface area contributed by atoms with Crippen LogP contribution in [0, 0.1) is 12.8 Å². The van der Waals surface area contributed by atoms with E-state index in [-0.39, 0.29) is 19.1 Å². The number of imidazole rings is 1. The third-order valence-electron chi connectivity index (χ3n) is 5.02. The lowest BCUT2D eigenvalue weighted by Crippen LogP contribution is -2.54. The van der Waals surface area contributed by atoms with Gasteiger partial charge in [-0.2, -0.15) is 4.98 Å². The highest BCUT2D eigenvalue weighted by atomic mass is 16.5. The maximum atomic E-state index is 13.2. The third-order valence-corrected chi connectivity index (χ3v) is 5.02. The molecule has 158 valence electrons. The fourth-order valence-corrected chi connectivity index (χ4v) is 3.35. The quantitative estimate of drug-likeness (QED) is 0.705. The molecule has 29 heavy (non-hydrogen) atoms. The molecule has 2 heterocycles. The number of carbonyl (C=O) groups excluding carboxylic acids is 1. The van der Waals surface area contributed by atoms with Gasteiger partial charge in [0.1, 0.15) is 5.75 Å². The molecule has 1 unspecified atom stereocenters. The van der Waals surface area contributed by atoms with Gasteiger partial charge in [-0.1, -0.05) is 26.0 Å². The van der Waals surface area contributed by atoms with Gasteiger partial charge < -0.3 is 19.8 Å². The lowest BCUT2D eigenvalue weighted by Gasteiger charge is -2.38. The molecule has 0 aliphatic carbocycles. The van der Waals surface area contributed by atoms with E-state index in [1.807, 2.05) is 31.2 Å². The van der Waals surface area contributed by atoms with Gasteiger partial charge in [0.25, 0.3) is 5.91 Å². The van der Waals surface area contributed by atoms with Crippen molar-refractivity contribution in [2.24, 2.45) is 5.92 Å². The molecule has 1 atom stereocenters. The van der Waals surface area contributed by atoms with Crippen molar-refractivity contribution in [3.63, 3.8) is 0 Å². The Morgan fingerprint density at radius 1 is 1.28 bits per heavy atom. The number of hydrogen-bond donors (Lipinski definition) is 2. The zero-order valence-corrected chi connectivity index (χ0v) is 17.5. The number of hydrogen-bond acceptors (Lipinski definition) is 6. The number of benzene rings is 1. The minimum Gasteiger partial charge on any atom is -0.425 e. The molecule has 1 aliphatic heterocycles. The van der Waals surface area contributed by atoms with Crippen LogP contribution < -0.4 is 9.64 Å². The predicted molar refractivity (Wildman–Crippen MR) is 110 cm³/mol. The molecule has 0 spiro atoms. The molecule has 0 saturated heterocycles. The highest BCUT2D eigenvalue weighted by Gasteiger charge is 2.40. The Morgan fingerprint density at radius 3 is 2.69 bits per heavy atom. The van der Waals surface area contributed by atoms with Gasteiger partial charge in [0.15, 0.2) is 11.5 Å². The van der Waals surface area contributed by atoms with Crippen LogP contribution in [0.25, 0.3) is 0 Å². The number of rotatable bonds is 8. The Bertz CT molecular complexity index is 864. The van der Waals surface area contributed by atoms with Gasteiger partial charge in [0.2, 0.25) is 6.35 Å². The molecule has 8 nitrogen and oxygen atoms in total. The zero-order valence-electron chi connectivity index (χ0n) is 17.5. The average molecular weight is 402 g/mol. The second-order valence-corrected chi connectivity index (χ2v) is 7.85. The summed E-state index contributed by atoms with van der Waals surface area (Å²) in [5, 5.41) is 19.7. The van der Waals surface area contributed by atoms with Gasteiger partial charge in [-0.25, -0.2) is 0 Å². The molecule has 2 N–H and O–H groups in total. The molecular weight excluding hydrogens is 372 g/mol. The van der Waals surface area contributed by atoms with Gasteiger partial charge >= 0.3 is 6.01 Å². The Labute approximate surface area is 171 Å². The van der Waals surface area contributed by atoms with Crippen LogP contribution >= 0.6 is 0 Å². The van der Waals surface area contributed by atoms with Gasteiger partial charge in [-0.15, -0.1) is 0 Å². The molecule has 0 saturated carbocycles. The van der Waals surface area contributed by atoms with E-state index in [2.05, 4.69) is 18.8 Å². The number of aromatic nitrogens is 2. The number of ether oxygens (including phenoxy) is 1. The molecule has 3 rings (SSSR count). The molecule has 0 fully saturated rings. The normalized spacial score (nSPS) is 16.5. The van der Waals surface area contributed by atoms with Crippen molar-refractivity contribution in [1.29, 1.82) is 0 Å². The molecule has 8 heteroatoms. The van der Waals surface area contributed by atoms with Crippen LogP contribution in [-0.4, -0.2) is 57.1 Å². The Hall–Kier alpha value is -2.58. The topological polar surface area (TPSA) is 91.1 Å². The molecule has 1 aromatic carbocycles. The molecule has 0 bridgehead atoms. The minimum atomic E-state index is -1.14. The van der Waals surface area contributed by atoms with Gasteiger partial charge in [-0.3, -0.25) is 14.3 Å². The van der Waals surface area contributed by atoms with E-state index in [0.29, 0.717) is 42.2 Å². The molecule has 1 aromatic heterocycles. The van der Waals surface area contributed by atoms with E-state index in [1.54, 1.807) is 16.5 Å². The van der Waals surface area contributed by atoms with Crippen molar-refractivity contribution < 1.29 is 19.7 Å². The average Bonchev–Trinajstić information content (AvgIpc) is 3.03. The van der Waals surface area contributed by atoms with Gasteiger partial charge in [-0.05, 0) is 43.4 Å². The van der Waals surface area contributed by atoms with Crippen molar-refractivity contribution in [3.8, 4) is 11.8 Å². The summed E-state index contributed by atoms with van der Waals surface area (Å²) in [6.07, 6.45) is 0.101. The maximum absolute atomic E-state index is 13.2. The smallest absolute Gasteiger partial charge is 0.304 e. The van der Waals surface area contributed by atoms with Crippen LogP contribution in [0.3, 0.4) is 0 Å². The van der Waals surface area contributed by atoms with Crippen LogP contribution in [0.5, 0.6) is 11.8 Å². The van der Waals surface area contributed by atoms with Crippen molar-refractivity contribution in [3.05, 3.63) is 35.5 Å². The summed E-state index contributed by atoms with van der Waals surface area (Å²) >= 11 is 0. The second-order valence-electron chi connectivity index (χ2n) is 7.85. The van der Waals surface area contributed by atoms with E-state index >= 15 is 0 Å². The monoisotopic (exact) mass is 402 g/mol. The number of fused-ring (bicyclic) bond motifs is 1. The maximum Gasteiger partial charge on any atom is 0.304 e. The molecule has 1 amide bonds. The number of aliphatic hydroxyl groups is 2. The first-order chi connectivity index (χ1) is 13.8. The third kappa shape index (κ3) is 4.38. The SMILES string of the molecule is Cc1cccc(Oc2nc3c(n2CCC(C)C)C(=O)N(CCCO)C(O)N3C)c1. The Morgan fingerprint density at radius 2 is 2.03 bits per heavy atom. The van der Waals surface area contributed by atoms with E-state index in [4.69, 9.17) is 9.84 Å². The summed E-state index contributed by atoms with van der Waals surface area (Å²) in [5.41, 5.74) is 1.46. The van der Waals surface area contributed by atoms with Crippen molar-refractivity contribution in [2.45, 2.75) is 46.5 Å². The number of carbonyl (C=O) groups is 1. The first-order valence-electron chi connectivity index (χ1n) is 10.0. The molecule has 0 radical (unpaired) electrons. The highest BCUT2D eigenvalue weighted by molar-refractivity contribution is 5.99. The molecular formula is C21H30N4O4. The van der Waals surface area contributed by atoms with Crippen molar-refractivity contribution in [2.75, 3.05) is 25.1 Å². The first kappa shape index (κ1) is 21.1. The lowest BCUT2D eigenvalue weighted by atomic mass is 10.1. The van der Waals surface area contributed by atoms with Gasteiger partial charge in [0, 0.05) is 26.7 Å². The number of aliphatic hydroxyl groups excluding tert-OH is 2. The van der Waals surface area contributed by atoms with E-state index in [1.165, 1.54) is 4.90 Å². The summed E-state index contributed by atoms with van der Waals surface area (Å²) in [7, 11) is 1.69. The summed E-state index contributed by atoms with van der Waals surface area (Å²) < 4.78 is 7.86. The van der Waals surface area contributed by atoms with Crippen LogP contribution in [0.4, 0.5) is 5.82 Å². The molecule has 2 aromatic rings. The van der Waals surface area contributed by atoms with E-state index < -0.39 is 6.35 Å². The number of nitrogens with zero attached hydrogens (tertiary/aromatic N) is 4. The fourth-order valence-electron chi connectivity index (χ4n) is 3.35. The lowest BCUT2D eigenvalue weighted by molar-refractivity contribution is 0.00105. The van der Waals surface area contributed by atoms with E-state index in [9.17, 15) is 9.90 Å². The van der Waals surface area contributed by atoms with Crippen LogP contribution in [-0.2, 0) is 6.54 Å². The summed E-state index contributed by atoms with van der Waals surface area (Å²) in [4.78, 5) is 20.7. The number of amides is 1. The van der Waals surface area contributed by atoms with Crippen molar-refractivity contribution >= 4 is 11.7 Å². The number of anilines is 1. The summed E-state index contributed by atoms with van der Waals surface area (Å²) in [6.45, 7) is 7.00. The first-order valence-corrected chi connectivity index (χ1v) is 10.0. The summed E-state index contributed by atoms with van der Waals surface area (Å²) in [6, 6.07) is 7.98. The van der Waals surface area contributed by atoms with Crippen molar-refractivity contribution in [1.82, 2.24) is 14.5 Å². The second kappa shape index (κ2) is 8.84. The zero-order chi connectivity index (χ0) is 21.1. The Kier molecular flexibility index (Phi) is 6.44. The molecule has 1 aliphatic rings. The van der Waals surface area contributed by atoms with Crippen LogP contribution in [0.15, 0.2) is 24.3 Å². The summed E-state index contributed by atoms with van der Waals surface area (Å²) in [5.74, 6) is 1.17. The van der Waals surface area contributed by atoms with Crippen LogP contribution in [0.1, 0.15) is 42.7 Å². The largest absolute Gasteiger partial charge is 0.425 e. The van der Waals surface area contributed by atoms with E-state index in [0.717, 1.165) is 12.0 Å². The predicted octanol–water partition coefficient (Wildman–Crippen LogP) is 2.58. The number of aryl methyl sites for hydroxylation is 1. The van der Waals surface area contributed by atoms with Gasteiger partial charge in [0.05, 0.1) is 0 Å². The van der Waals surface area contributed by atoms with Crippen LogP contribution in [0.2, 0.25) is 0 Å². The highest BCUT2D eigenvalue weighted by Crippen LogP contribution is 2.35. The Balaban J connectivity index is 2.03. The minimum absolute atomic E-state index is 0.0542. The standard InChI is InChI=1S/C21H30N4O4/c1-14(2)9-11-24-17-18(22-20(24)29-16-8-5-7-15(3)13-16)23(4)21(28)25(19(17)27)10-6-12-26/h5,7-8,13-14,21,26,28H,6,9-12H2,1-4H3.